The molecule has 10 heteroatoms. The molecule has 132 valence electrons. The third kappa shape index (κ3) is 4.75. The van der Waals surface area contributed by atoms with E-state index in [1.807, 2.05) is 0 Å². The molecule has 1 atom stereocenters. The summed E-state index contributed by atoms with van der Waals surface area (Å²) in [4.78, 5) is 22.4. The first-order valence-corrected chi connectivity index (χ1v) is 8.57. The molecule has 0 aliphatic carbocycles. The number of hydrogen-bond donors (Lipinski definition) is 2. The molecule has 0 heterocycles. The number of nitrogens with two attached hydrogens (primary N) is 1. The maximum Gasteiger partial charge on any atom is 0.310 e. The molecule has 9 nitrogen and oxygen atoms in total. The van der Waals surface area contributed by atoms with E-state index in [1.54, 1.807) is 6.07 Å². The number of ether oxygens (including phenoxy) is 1. The van der Waals surface area contributed by atoms with Crippen molar-refractivity contribution in [3.63, 3.8) is 0 Å². The van der Waals surface area contributed by atoms with Crippen LogP contribution in [0.15, 0.2) is 53.4 Å². The molecule has 0 fully saturated rings. The minimum Gasteiger partial charge on any atom is -0.474 e. The quantitative estimate of drug-likeness (QED) is 0.589. The number of nitro benzene ring substituents is 1. The Kier molecular flexibility index (Phi) is 5.35. The SMILES string of the molecule is C[C@H](Oc1ccccc1[N+](=O)[O-])C(=O)Nc1ccc(S(N)(=O)=O)cc1. The number of primary sulfonamides is 1. The van der Waals surface area contributed by atoms with E-state index in [-0.39, 0.29) is 16.3 Å². The van der Waals surface area contributed by atoms with E-state index in [2.05, 4.69) is 5.32 Å². The van der Waals surface area contributed by atoms with Gasteiger partial charge in [0.2, 0.25) is 10.0 Å². The van der Waals surface area contributed by atoms with E-state index in [0.717, 1.165) is 0 Å². The van der Waals surface area contributed by atoms with Crippen LogP contribution in [0.1, 0.15) is 6.92 Å². The Bertz CT molecular complexity index is 896. The second-order valence-corrected chi connectivity index (χ2v) is 6.60. The van der Waals surface area contributed by atoms with Crippen LogP contribution in [0.2, 0.25) is 0 Å². The van der Waals surface area contributed by atoms with Crippen molar-refractivity contribution in [3.8, 4) is 5.75 Å². The molecule has 0 saturated heterocycles. The van der Waals surface area contributed by atoms with Crippen LogP contribution in [0.5, 0.6) is 5.75 Å². The highest BCUT2D eigenvalue weighted by atomic mass is 32.2. The third-order valence-electron chi connectivity index (χ3n) is 3.19. The average molecular weight is 365 g/mol. The number of carbonyl (C=O) groups is 1. The molecule has 0 aliphatic rings. The molecule has 0 saturated carbocycles. The summed E-state index contributed by atoms with van der Waals surface area (Å²) in [6.45, 7) is 1.44. The van der Waals surface area contributed by atoms with Crippen LogP contribution in [-0.2, 0) is 14.8 Å². The zero-order valence-electron chi connectivity index (χ0n) is 13.1. The van der Waals surface area contributed by atoms with Crippen LogP contribution in [0.3, 0.4) is 0 Å². The Hall–Kier alpha value is -2.98. The van der Waals surface area contributed by atoms with E-state index >= 15 is 0 Å². The van der Waals surface area contributed by atoms with Crippen molar-refractivity contribution >= 4 is 27.3 Å². The van der Waals surface area contributed by atoms with Gasteiger partial charge >= 0.3 is 5.69 Å². The van der Waals surface area contributed by atoms with E-state index in [9.17, 15) is 23.3 Å². The highest BCUT2D eigenvalue weighted by Gasteiger charge is 2.20. The largest absolute Gasteiger partial charge is 0.474 e. The lowest BCUT2D eigenvalue weighted by atomic mass is 10.2. The molecule has 0 bridgehead atoms. The molecule has 1 amide bonds. The molecule has 0 spiro atoms. The summed E-state index contributed by atoms with van der Waals surface area (Å²) in [7, 11) is -3.82. The fourth-order valence-electron chi connectivity index (χ4n) is 1.92. The minimum absolute atomic E-state index is 0.0280. The minimum atomic E-state index is -3.82. The number of benzene rings is 2. The molecule has 2 aromatic rings. The maximum atomic E-state index is 12.1. The number of nitrogens with zero attached hydrogens (tertiary/aromatic N) is 1. The third-order valence-corrected chi connectivity index (χ3v) is 4.11. The fourth-order valence-corrected chi connectivity index (χ4v) is 2.44. The molecule has 0 unspecified atom stereocenters. The van der Waals surface area contributed by atoms with Crippen LogP contribution < -0.4 is 15.2 Å². The van der Waals surface area contributed by atoms with Crippen molar-refractivity contribution in [3.05, 3.63) is 58.6 Å². The Morgan fingerprint density at radius 2 is 1.80 bits per heavy atom. The van der Waals surface area contributed by atoms with Gasteiger partial charge < -0.3 is 10.1 Å². The normalized spacial score (nSPS) is 12.2. The predicted octanol–water partition coefficient (Wildman–Crippen LogP) is 1.65. The Morgan fingerprint density at radius 3 is 2.36 bits per heavy atom. The molecule has 0 aromatic heterocycles. The van der Waals surface area contributed by atoms with Crippen molar-refractivity contribution < 1.29 is 22.9 Å². The van der Waals surface area contributed by atoms with Gasteiger partial charge in [0.25, 0.3) is 5.91 Å². The molecule has 2 aromatic carbocycles. The molecule has 2 rings (SSSR count). The summed E-state index contributed by atoms with van der Waals surface area (Å²) in [5, 5.41) is 18.5. The predicted molar refractivity (Wildman–Crippen MR) is 89.6 cm³/mol. The van der Waals surface area contributed by atoms with Crippen LogP contribution in [0.4, 0.5) is 11.4 Å². The number of amides is 1. The summed E-state index contributed by atoms with van der Waals surface area (Å²) in [5.74, 6) is -0.582. The standard InChI is InChI=1S/C15H15N3O6S/c1-10(24-14-5-3-2-4-13(14)18(20)21)15(19)17-11-6-8-12(9-7-11)25(16,22)23/h2-10H,1H3,(H,17,19)(H2,16,22,23)/t10-/m0/s1. The highest BCUT2D eigenvalue weighted by Crippen LogP contribution is 2.27. The van der Waals surface area contributed by atoms with Gasteiger partial charge in [0.1, 0.15) is 0 Å². The lowest BCUT2D eigenvalue weighted by Crippen LogP contribution is -2.30. The molecule has 0 aliphatic heterocycles. The molecule has 3 N–H and O–H groups in total. The molecule has 0 radical (unpaired) electrons. The van der Waals surface area contributed by atoms with Gasteiger partial charge in [-0.25, -0.2) is 13.6 Å². The van der Waals surface area contributed by atoms with Crippen molar-refractivity contribution in [2.24, 2.45) is 5.14 Å². The van der Waals surface area contributed by atoms with Crippen LogP contribution in [0, 0.1) is 10.1 Å². The van der Waals surface area contributed by atoms with Gasteiger partial charge in [0.15, 0.2) is 11.9 Å². The molecular formula is C15H15N3O6S. The summed E-state index contributed by atoms with van der Waals surface area (Å²) >= 11 is 0. The smallest absolute Gasteiger partial charge is 0.310 e. The monoisotopic (exact) mass is 365 g/mol. The van der Waals surface area contributed by atoms with E-state index < -0.39 is 27.0 Å². The first-order valence-electron chi connectivity index (χ1n) is 7.02. The number of para-hydroxylation sites is 2. The summed E-state index contributed by atoms with van der Waals surface area (Å²) in [6, 6.07) is 10.9. The zero-order valence-corrected chi connectivity index (χ0v) is 13.9. The molecule has 25 heavy (non-hydrogen) atoms. The second kappa shape index (κ2) is 7.28. The first kappa shape index (κ1) is 18.4. The van der Waals surface area contributed by atoms with Gasteiger partial charge in [-0.05, 0) is 37.3 Å². The maximum absolute atomic E-state index is 12.1. The number of carbonyl (C=O) groups excluding carboxylic acids is 1. The number of nitro groups is 1. The fraction of sp³-hybridized carbons (Fsp3) is 0.133. The van der Waals surface area contributed by atoms with Gasteiger partial charge in [-0.3, -0.25) is 14.9 Å². The van der Waals surface area contributed by atoms with Crippen LogP contribution in [0.25, 0.3) is 0 Å². The Morgan fingerprint density at radius 1 is 1.20 bits per heavy atom. The van der Waals surface area contributed by atoms with Crippen LogP contribution >= 0.6 is 0 Å². The number of sulfonamides is 1. The first-order chi connectivity index (χ1) is 11.7. The number of nitrogens with one attached hydrogen (secondary N) is 1. The average Bonchev–Trinajstić information content (AvgIpc) is 2.54. The topological polar surface area (TPSA) is 142 Å². The van der Waals surface area contributed by atoms with E-state index in [1.165, 1.54) is 49.4 Å². The number of anilines is 1. The lowest BCUT2D eigenvalue weighted by Gasteiger charge is -2.14. The molecular weight excluding hydrogens is 350 g/mol. The Labute approximate surface area is 143 Å². The summed E-state index contributed by atoms with van der Waals surface area (Å²) in [5.41, 5.74) is 0.0788. The number of rotatable bonds is 6. The van der Waals surface area contributed by atoms with Crippen molar-refractivity contribution in [2.45, 2.75) is 17.9 Å². The van der Waals surface area contributed by atoms with Crippen molar-refractivity contribution in [2.75, 3.05) is 5.32 Å². The van der Waals surface area contributed by atoms with E-state index in [0.29, 0.717) is 5.69 Å². The van der Waals surface area contributed by atoms with Crippen LogP contribution in [-0.4, -0.2) is 25.4 Å². The van der Waals surface area contributed by atoms with Gasteiger partial charge in [-0.2, -0.15) is 0 Å². The zero-order chi connectivity index (χ0) is 18.6. The van der Waals surface area contributed by atoms with Crippen molar-refractivity contribution in [1.82, 2.24) is 0 Å². The number of hydrogen-bond acceptors (Lipinski definition) is 6. The summed E-state index contributed by atoms with van der Waals surface area (Å²) in [6.07, 6.45) is -1.01. The van der Waals surface area contributed by atoms with E-state index in [4.69, 9.17) is 9.88 Å². The highest BCUT2D eigenvalue weighted by molar-refractivity contribution is 7.89. The second-order valence-electron chi connectivity index (χ2n) is 5.04. The van der Waals surface area contributed by atoms with Gasteiger partial charge in [-0.15, -0.1) is 0 Å². The summed E-state index contributed by atoms with van der Waals surface area (Å²) < 4.78 is 27.7. The van der Waals surface area contributed by atoms with Gasteiger partial charge in [-0.1, -0.05) is 12.1 Å². The van der Waals surface area contributed by atoms with Gasteiger partial charge in [0.05, 0.1) is 9.82 Å². The van der Waals surface area contributed by atoms with Gasteiger partial charge in [0, 0.05) is 11.8 Å². The lowest BCUT2D eigenvalue weighted by molar-refractivity contribution is -0.386. The Balaban J connectivity index is 2.07. The van der Waals surface area contributed by atoms with Crippen molar-refractivity contribution in [1.29, 1.82) is 0 Å².